The number of benzene rings is 1. The van der Waals surface area contributed by atoms with E-state index in [9.17, 15) is 4.79 Å². The van der Waals surface area contributed by atoms with Crippen LogP contribution in [0.2, 0.25) is 5.02 Å². The summed E-state index contributed by atoms with van der Waals surface area (Å²) in [5.41, 5.74) is 0.505. The fourth-order valence-electron chi connectivity index (χ4n) is 1.35. The molecule has 17 heavy (non-hydrogen) atoms. The zero-order chi connectivity index (χ0) is 13.0. The summed E-state index contributed by atoms with van der Waals surface area (Å²) in [6, 6.07) is 5.32. The first-order chi connectivity index (χ1) is 7.93. The minimum Gasteiger partial charge on any atom is -0.342 e. The Morgan fingerprint density at radius 3 is 2.76 bits per heavy atom. The number of hydrogen-bond donors (Lipinski definition) is 0. The van der Waals surface area contributed by atoms with Crippen LogP contribution in [-0.2, 0) is 0 Å². The lowest BCUT2D eigenvalue weighted by Crippen LogP contribution is -2.29. The van der Waals surface area contributed by atoms with Gasteiger partial charge in [0.1, 0.15) is 0 Å². The van der Waals surface area contributed by atoms with Crippen molar-refractivity contribution in [1.29, 1.82) is 0 Å². The van der Waals surface area contributed by atoms with Crippen molar-refractivity contribution in [1.82, 2.24) is 4.90 Å². The van der Waals surface area contributed by atoms with Crippen LogP contribution in [0.3, 0.4) is 0 Å². The van der Waals surface area contributed by atoms with Crippen LogP contribution in [0.1, 0.15) is 23.7 Å². The highest BCUT2D eigenvalue weighted by molar-refractivity contribution is 9.10. The summed E-state index contributed by atoms with van der Waals surface area (Å²) in [6.45, 7) is 2.53. The Morgan fingerprint density at radius 2 is 2.18 bits per heavy atom. The Balaban J connectivity index is 2.78. The van der Waals surface area contributed by atoms with Crippen LogP contribution in [0.4, 0.5) is 0 Å². The van der Waals surface area contributed by atoms with Gasteiger partial charge in [0.05, 0.1) is 10.6 Å². The van der Waals surface area contributed by atoms with Gasteiger partial charge in [0.15, 0.2) is 0 Å². The molecular formula is C12H14BrCl2NO. The molecule has 1 unspecified atom stereocenters. The van der Waals surface area contributed by atoms with Crippen LogP contribution < -0.4 is 0 Å². The third kappa shape index (κ3) is 4.16. The SMILES string of the molecule is CC(Cl)CCN(C)C(=O)c1cccc(Br)c1Cl. The smallest absolute Gasteiger partial charge is 0.255 e. The number of hydrogen-bond acceptors (Lipinski definition) is 1. The van der Waals surface area contributed by atoms with Crippen molar-refractivity contribution < 1.29 is 4.79 Å². The molecular weight excluding hydrogens is 325 g/mol. The molecule has 1 atom stereocenters. The second kappa shape index (κ2) is 6.62. The van der Waals surface area contributed by atoms with E-state index in [1.165, 1.54) is 0 Å². The Labute approximate surface area is 120 Å². The van der Waals surface area contributed by atoms with E-state index >= 15 is 0 Å². The second-order valence-corrected chi connectivity index (χ2v) is 5.87. The molecule has 1 aromatic carbocycles. The molecule has 1 amide bonds. The third-order valence-electron chi connectivity index (χ3n) is 2.39. The zero-order valence-electron chi connectivity index (χ0n) is 9.71. The number of amides is 1. The van der Waals surface area contributed by atoms with Gasteiger partial charge >= 0.3 is 0 Å². The lowest BCUT2D eigenvalue weighted by Gasteiger charge is -2.18. The van der Waals surface area contributed by atoms with Crippen LogP contribution in [0, 0.1) is 0 Å². The molecule has 94 valence electrons. The monoisotopic (exact) mass is 337 g/mol. The standard InChI is InChI=1S/C12H14BrCl2NO/c1-8(14)6-7-16(2)12(17)9-4-3-5-10(13)11(9)15/h3-5,8H,6-7H2,1-2H3. The summed E-state index contributed by atoms with van der Waals surface area (Å²) in [5, 5.41) is 0.506. The first-order valence-electron chi connectivity index (χ1n) is 5.27. The predicted octanol–water partition coefficient (Wildman–Crippen LogP) is 4.19. The van der Waals surface area contributed by atoms with Crippen molar-refractivity contribution >= 4 is 45.0 Å². The average molecular weight is 339 g/mol. The number of alkyl halides is 1. The largest absolute Gasteiger partial charge is 0.342 e. The van der Waals surface area contributed by atoms with E-state index in [-0.39, 0.29) is 11.3 Å². The molecule has 0 heterocycles. The minimum absolute atomic E-state index is 0.0585. The summed E-state index contributed by atoms with van der Waals surface area (Å²) in [6.07, 6.45) is 0.759. The van der Waals surface area contributed by atoms with E-state index in [4.69, 9.17) is 23.2 Å². The quantitative estimate of drug-likeness (QED) is 0.754. The average Bonchev–Trinajstić information content (AvgIpc) is 2.28. The van der Waals surface area contributed by atoms with E-state index in [2.05, 4.69) is 15.9 Å². The van der Waals surface area contributed by atoms with Gasteiger partial charge < -0.3 is 4.90 Å². The minimum atomic E-state index is -0.0892. The molecule has 0 aliphatic heterocycles. The molecule has 0 aromatic heterocycles. The van der Waals surface area contributed by atoms with Gasteiger partial charge in [-0.2, -0.15) is 0 Å². The molecule has 5 heteroatoms. The lowest BCUT2D eigenvalue weighted by atomic mass is 10.2. The molecule has 0 bridgehead atoms. The van der Waals surface area contributed by atoms with E-state index < -0.39 is 0 Å². The highest BCUT2D eigenvalue weighted by atomic mass is 79.9. The Morgan fingerprint density at radius 1 is 1.53 bits per heavy atom. The van der Waals surface area contributed by atoms with Gasteiger partial charge in [-0.25, -0.2) is 0 Å². The maximum atomic E-state index is 12.1. The van der Waals surface area contributed by atoms with Gasteiger partial charge in [-0.1, -0.05) is 17.7 Å². The number of halogens is 3. The predicted molar refractivity (Wildman–Crippen MR) is 76.0 cm³/mol. The third-order valence-corrected chi connectivity index (χ3v) is 3.91. The molecule has 0 spiro atoms. The van der Waals surface area contributed by atoms with Crippen molar-refractivity contribution in [3.8, 4) is 0 Å². The van der Waals surface area contributed by atoms with Crippen molar-refractivity contribution in [2.75, 3.05) is 13.6 Å². The molecule has 2 nitrogen and oxygen atoms in total. The number of carbonyl (C=O) groups is 1. The summed E-state index contributed by atoms with van der Waals surface area (Å²) in [5.74, 6) is -0.0892. The van der Waals surface area contributed by atoms with E-state index in [1.54, 1.807) is 30.1 Å². The fourth-order valence-corrected chi connectivity index (χ4v) is 2.02. The van der Waals surface area contributed by atoms with Gasteiger partial charge in [0.25, 0.3) is 5.91 Å². The normalized spacial score (nSPS) is 12.3. The van der Waals surface area contributed by atoms with Crippen LogP contribution in [-0.4, -0.2) is 29.8 Å². The van der Waals surface area contributed by atoms with Crippen LogP contribution in [0.25, 0.3) is 0 Å². The van der Waals surface area contributed by atoms with Crippen molar-refractivity contribution in [3.63, 3.8) is 0 Å². The number of carbonyl (C=O) groups excluding carboxylic acids is 1. The van der Waals surface area contributed by atoms with Crippen LogP contribution in [0.15, 0.2) is 22.7 Å². The maximum Gasteiger partial charge on any atom is 0.255 e. The van der Waals surface area contributed by atoms with E-state index in [1.807, 2.05) is 6.92 Å². The maximum absolute atomic E-state index is 12.1. The molecule has 0 saturated carbocycles. The highest BCUT2D eigenvalue weighted by Gasteiger charge is 2.16. The Kier molecular flexibility index (Phi) is 5.77. The number of nitrogens with zero attached hydrogens (tertiary/aromatic N) is 1. The summed E-state index contributed by atoms with van der Waals surface area (Å²) < 4.78 is 0.726. The van der Waals surface area contributed by atoms with E-state index in [0.717, 1.165) is 10.9 Å². The first-order valence-corrected chi connectivity index (χ1v) is 6.87. The number of rotatable bonds is 4. The fraction of sp³-hybridized carbons (Fsp3) is 0.417. The first kappa shape index (κ1) is 14.8. The molecule has 0 aliphatic carbocycles. The zero-order valence-corrected chi connectivity index (χ0v) is 12.8. The summed E-state index contributed by atoms with van der Waals surface area (Å²) >= 11 is 15.2. The van der Waals surface area contributed by atoms with Gasteiger partial charge in [-0.3, -0.25) is 4.79 Å². The topological polar surface area (TPSA) is 20.3 Å². The van der Waals surface area contributed by atoms with Crippen molar-refractivity contribution in [2.24, 2.45) is 0 Å². The molecule has 1 aromatic rings. The molecule has 0 saturated heterocycles. The Hall–Kier alpha value is -0.250. The molecule has 0 fully saturated rings. The van der Waals surface area contributed by atoms with Crippen molar-refractivity contribution in [2.45, 2.75) is 18.7 Å². The Bertz CT molecular complexity index is 409. The molecule has 1 rings (SSSR count). The summed E-state index contributed by atoms with van der Waals surface area (Å²) in [4.78, 5) is 13.7. The summed E-state index contributed by atoms with van der Waals surface area (Å²) in [7, 11) is 1.75. The molecule has 0 N–H and O–H groups in total. The highest BCUT2D eigenvalue weighted by Crippen LogP contribution is 2.26. The van der Waals surface area contributed by atoms with E-state index in [0.29, 0.717) is 17.1 Å². The lowest BCUT2D eigenvalue weighted by molar-refractivity contribution is 0.0794. The van der Waals surface area contributed by atoms with Gasteiger partial charge in [-0.05, 0) is 41.4 Å². The van der Waals surface area contributed by atoms with Crippen LogP contribution >= 0.6 is 39.1 Å². The second-order valence-electron chi connectivity index (χ2n) is 3.90. The molecule has 0 radical (unpaired) electrons. The van der Waals surface area contributed by atoms with Gasteiger partial charge in [0, 0.05) is 23.4 Å². The van der Waals surface area contributed by atoms with Crippen molar-refractivity contribution in [3.05, 3.63) is 33.3 Å². The van der Waals surface area contributed by atoms with Gasteiger partial charge in [0.2, 0.25) is 0 Å². The molecule has 0 aliphatic rings. The van der Waals surface area contributed by atoms with Crippen LogP contribution in [0.5, 0.6) is 0 Å². The van der Waals surface area contributed by atoms with Gasteiger partial charge in [-0.15, -0.1) is 11.6 Å².